The Morgan fingerprint density at radius 3 is 2.79 bits per heavy atom. The van der Waals surface area contributed by atoms with Crippen LogP contribution in [0.4, 0.5) is 11.5 Å². The van der Waals surface area contributed by atoms with Gasteiger partial charge in [0.15, 0.2) is 5.69 Å². The van der Waals surface area contributed by atoms with Crippen molar-refractivity contribution in [2.24, 2.45) is 0 Å². The van der Waals surface area contributed by atoms with Crippen molar-refractivity contribution in [2.75, 3.05) is 18.2 Å². The van der Waals surface area contributed by atoms with Gasteiger partial charge in [-0.25, -0.2) is 4.79 Å². The van der Waals surface area contributed by atoms with E-state index in [4.69, 9.17) is 5.73 Å². The third-order valence-electron chi connectivity index (χ3n) is 2.48. The molecule has 0 saturated carbocycles. The van der Waals surface area contributed by atoms with Crippen LogP contribution >= 0.6 is 0 Å². The summed E-state index contributed by atoms with van der Waals surface area (Å²) in [6.45, 7) is 0.581. The normalized spacial score (nSPS) is 9.95. The van der Waals surface area contributed by atoms with Gasteiger partial charge in [0.1, 0.15) is 5.82 Å². The molecular formula is C13H14N4O2. The maximum Gasteiger partial charge on any atom is 0.358 e. The molecule has 19 heavy (non-hydrogen) atoms. The zero-order valence-corrected chi connectivity index (χ0v) is 10.5. The number of benzene rings is 1. The van der Waals surface area contributed by atoms with Crippen molar-refractivity contribution < 1.29 is 9.53 Å². The summed E-state index contributed by atoms with van der Waals surface area (Å²) in [5, 5.41) is 10.8. The number of ether oxygens (including phenoxy) is 1. The van der Waals surface area contributed by atoms with E-state index in [1.165, 1.54) is 7.11 Å². The van der Waals surface area contributed by atoms with E-state index in [-0.39, 0.29) is 5.69 Å². The molecule has 0 bridgehead atoms. The monoisotopic (exact) mass is 258 g/mol. The van der Waals surface area contributed by atoms with Gasteiger partial charge in [0.05, 0.1) is 7.11 Å². The zero-order chi connectivity index (χ0) is 13.7. The number of hydrogen-bond acceptors (Lipinski definition) is 6. The Labute approximate surface area is 110 Å². The topological polar surface area (TPSA) is 90.1 Å². The summed E-state index contributed by atoms with van der Waals surface area (Å²) in [5.74, 6) is 0.0740. The highest BCUT2D eigenvalue weighted by molar-refractivity contribution is 5.86. The Kier molecular flexibility index (Phi) is 3.92. The molecule has 0 fully saturated rings. The standard InChI is InChI=1S/C13H14N4O2/c1-19-13(18)11-5-6-12(17-16-11)15-8-9-3-2-4-10(14)7-9/h2-7H,8,14H2,1H3,(H,15,17). The number of nitrogens with one attached hydrogen (secondary N) is 1. The number of aromatic nitrogens is 2. The molecule has 6 nitrogen and oxygen atoms in total. The quantitative estimate of drug-likeness (QED) is 0.637. The molecular weight excluding hydrogens is 244 g/mol. The summed E-state index contributed by atoms with van der Waals surface area (Å²) in [6, 6.07) is 10.8. The molecule has 0 atom stereocenters. The number of nitrogens with zero attached hydrogens (tertiary/aromatic N) is 2. The minimum atomic E-state index is -0.505. The molecule has 0 unspecified atom stereocenters. The van der Waals surface area contributed by atoms with Crippen LogP contribution in [0, 0.1) is 0 Å². The van der Waals surface area contributed by atoms with Gasteiger partial charge in [-0.1, -0.05) is 12.1 Å². The first-order chi connectivity index (χ1) is 9.19. The number of nitrogen functional groups attached to an aromatic ring is 1. The van der Waals surface area contributed by atoms with Crippen molar-refractivity contribution in [1.82, 2.24) is 10.2 Å². The number of hydrogen-bond donors (Lipinski definition) is 2. The summed E-state index contributed by atoms with van der Waals surface area (Å²) >= 11 is 0. The van der Waals surface area contributed by atoms with Gasteiger partial charge in [-0.2, -0.15) is 0 Å². The fourth-order valence-corrected chi connectivity index (χ4v) is 1.54. The lowest BCUT2D eigenvalue weighted by Gasteiger charge is -2.06. The van der Waals surface area contributed by atoms with E-state index in [9.17, 15) is 4.79 Å². The molecule has 2 aromatic rings. The number of methoxy groups -OCH3 is 1. The number of nitrogens with two attached hydrogens (primary N) is 1. The Balaban J connectivity index is 1.98. The number of anilines is 2. The highest BCUT2D eigenvalue weighted by atomic mass is 16.5. The van der Waals surface area contributed by atoms with Gasteiger partial charge in [0, 0.05) is 12.2 Å². The molecule has 6 heteroatoms. The van der Waals surface area contributed by atoms with Gasteiger partial charge in [-0.05, 0) is 29.8 Å². The summed E-state index contributed by atoms with van der Waals surface area (Å²) in [6.07, 6.45) is 0. The Bertz CT molecular complexity index is 569. The highest BCUT2D eigenvalue weighted by Gasteiger charge is 2.07. The second-order valence-corrected chi connectivity index (χ2v) is 3.89. The fraction of sp³-hybridized carbons (Fsp3) is 0.154. The van der Waals surface area contributed by atoms with Crippen molar-refractivity contribution in [1.29, 1.82) is 0 Å². The lowest BCUT2D eigenvalue weighted by molar-refractivity contribution is 0.0593. The molecule has 0 amide bonds. The van der Waals surface area contributed by atoms with E-state index in [1.807, 2.05) is 24.3 Å². The Hall–Kier alpha value is -2.63. The average molecular weight is 258 g/mol. The molecule has 2 rings (SSSR count). The first-order valence-electron chi connectivity index (χ1n) is 5.69. The van der Waals surface area contributed by atoms with E-state index in [1.54, 1.807) is 12.1 Å². The average Bonchev–Trinajstić information content (AvgIpc) is 2.45. The second kappa shape index (κ2) is 5.81. The molecule has 0 aliphatic rings. The lowest BCUT2D eigenvalue weighted by Crippen LogP contribution is -2.08. The van der Waals surface area contributed by atoms with Crippen LogP contribution in [-0.4, -0.2) is 23.3 Å². The van der Waals surface area contributed by atoms with Crippen molar-refractivity contribution in [3.05, 3.63) is 47.7 Å². The van der Waals surface area contributed by atoms with Gasteiger partial charge in [0.2, 0.25) is 0 Å². The van der Waals surface area contributed by atoms with Crippen molar-refractivity contribution in [3.8, 4) is 0 Å². The summed E-state index contributed by atoms with van der Waals surface area (Å²) < 4.78 is 4.54. The van der Waals surface area contributed by atoms with Crippen LogP contribution in [0.5, 0.6) is 0 Å². The van der Waals surface area contributed by atoms with E-state index in [0.29, 0.717) is 18.1 Å². The van der Waals surface area contributed by atoms with Crippen LogP contribution in [0.25, 0.3) is 0 Å². The smallest absolute Gasteiger partial charge is 0.358 e. The Morgan fingerprint density at radius 1 is 1.32 bits per heavy atom. The minimum absolute atomic E-state index is 0.178. The van der Waals surface area contributed by atoms with Crippen molar-refractivity contribution >= 4 is 17.5 Å². The largest absolute Gasteiger partial charge is 0.464 e. The SMILES string of the molecule is COC(=O)c1ccc(NCc2cccc(N)c2)nn1. The van der Waals surface area contributed by atoms with Crippen molar-refractivity contribution in [3.63, 3.8) is 0 Å². The van der Waals surface area contributed by atoms with E-state index < -0.39 is 5.97 Å². The third-order valence-corrected chi connectivity index (χ3v) is 2.48. The molecule has 1 aromatic carbocycles. The second-order valence-electron chi connectivity index (χ2n) is 3.89. The van der Waals surface area contributed by atoms with E-state index in [0.717, 1.165) is 5.56 Å². The molecule has 3 N–H and O–H groups in total. The first kappa shape index (κ1) is 12.8. The van der Waals surface area contributed by atoms with Crippen LogP contribution in [0.15, 0.2) is 36.4 Å². The molecule has 1 aromatic heterocycles. The number of rotatable bonds is 4. The molecule has 0 aliphatic carbocycles. The number of esters is 1. The predicted molar refractivity (Wildman–Crippen MR) is 71.6 cm³/mol. The number of carbonyl (C=O) groups excluding carboxylic acids is 1. The van der Waals surface area contributed by atoms with E-state index in [2.05, 4.69) is 20.3 Å². The van der Waals surface area contributed by atoms with E-state index >= 15 is 0 Å². The highest BCUT2D eigenvalue weighted by Crippen LogP contribution is 2.09. The van der Waals surface area contributed by atoms with Crippen molar-refractivity contribution in [2.45, 2.75) is 6.54 Å². The third kappa shape index (κ3) is 3.41. The molecule has 1 heterocycles. The maximum absolute atomic E-state index is 11.2. The van der Waals surface area contributed by atoms with Crippen LogP contribution in [0.3, 0.4) is 0 Å². The van der Waals surface area contributed by atoms with Gasteiger partial charge in [-0.15, -0.1) is 10.2 Å². The zero-order valence-electron chi connectivity index (χ0n) is 10.5. The Morgan fingerprint density at radius 2 is 2.16 bits per heavy atom. The van der Waals surface area contributed by atoms with Gasteiger partial charge in [0.25, 0.3) is 0 Å². The first-order valence-corrected chi connectivity index (χ1v) is 5.69. The van der Waals surface area contributed by atoms with Gasteiger partial charge < -0.3 is 15.8 Å². The van der Waals surface area contributed by atoms with Crippen LogP contribution < -0.4 is 11.1 Å². The summed E-state index contributed by atoms with van der Waals surface area (Å²) in [4.78, 5) is 11.2. The molecule has 0 radical (unpaired) electrons. The van der Waals surface area contributed by atoms with Crippen LogP contribution in [0.1, 0.15) is 16.1 Å². The molecule has 98 valence electrons. The number of carbonyl (C=O) groups is 1. The lowest BCUT2D eigenvalue weighted by atomic mass is 10.2. The summed E-state index contributed by atoms with van der Waals surface area (Å²) in [7, 11) is 1.30. The van der Waals surface area contributed by atoms with Crippen LogP contribution in [0.2, 0.25) is 0 Å². The molecule has 0 aliphatic heterocycles. The molecule has 0 spiro atoms. The fourth-order valence-electron chi connectivity index (χ4n) is 1.54. The van der Waals surface area contributed by atoms with Gasteiger partial charge in [-0.3, -0.25) is 0 Å². The molecule has 0 saturated heterocycles. The predicted octanol–water partition coefficient (Wildman–Crippen LogP) is 1.46. The summed E-state index contributed by atoms with van der Waals surface area (Å²) in [5.41, 5.74) is 7.62. The van der Waals surface area contributed by atoms with Crippen LogP contribution in [-0.2, 0) is 11.3 Å². The minimum Gasteiger partial charge on any atom is -0.464 e. The maximum atomic E-state index is 11.2. The van der Waals surface area contributed by atoms with Gasteiger partial charge >= 0.3 is 5.97 Å².